The molecule has 0 saturated heterocycles. The SMILES string of the molecule is CN(C)CCNC(=O)c1ccc2[nH]c3ccccc3c(=O)c2c1. The summed E-state index contributed by atoms with van der Waals surface area (Å²) in [4.78, 5) is 30.0. The van der Waals surface area contributed by atoms with E-state index in [1.807, 2.05) is 37.2 Å². The van der Waals surface area contributed by atoms with Gasteiger partial charge in [-0.15, -0.1) is 0 Å². The zero-order valence-electron chi connectivity index (χ0n) is 13.2. The molecule has 0 radical (unpaired) electrons. The van der Waals surface area contributed by atoms with E-state index in [1.54, 1.807) is 24.3 Å². The molecule has 0 aliphatic carbocycles. The van der Waals surface area contributed by atoms with Crippen LogP contribution in [0.2, 0.25) is 0 Å². The van der Waals surface area contributed by atoms with Crippen molar-refractivity contribution in [2.75, 3.05) is 27.2 Å². The van der Waals surface area contributed by atoms with Crippen molar-refractivity contribution in [2.24, 2.45) is 0 Å². The smallest absolute Gasteiger partial charge is 0.251 e. The second kappa shape index (κ2) is 6.22. The van der Waals surface area contributed by atoms with Crippen LogP contribution in [-0.4, -0.2) is 43.0 Å². The van der Waals surface area contributed by atoms with Gasteiger partial charge in [0, 0.05) is 40.5 Å². The third-order valence-electron chi connectivity index (χ3n) is 3.81. The number of benzene rings is 2. The van der Waals surface area contributed by atoms with E-state index in [4.69, 9.17) is 0 Å². The summed E-state index contributed by atoms with van der Waals surface area (Å²) in [6, 6.07) is 12.6. The largest absolute Gasteiger partial charge is 0.354 e. The lowest BCUT2D eigenvalue weighted by Gasteiger charge is -2.11. The van der Waals surface area contributed by atoms with Gasteiger partial charge in [-0.05, 0) is 44.4 Å². The Kier molecular flexibility index (Phi) is 4.12. The van der Waals surface area contributed by atoms with Crippen molar-refractivity contribution in [3.05, 3.63) is 58.3 Å². The van der Waals surface area contributed by atoms with Gasteiger partial charge in [-0.3, -0.25) is 9.59 Å². The molecular weight excluding hydrogens is 290 g/mol. The minimum absolute atomic E-state index is 0.0581. The molecule has 23 heavy (non-hydrogen) atoms. The lowest BCUT2D eigenvalue weighted by atomic mass is 10.1. The standard InChI is InChI=1S/C18H19N3O2/c1-21(2)10-9-19-18(23)12-7-8-16-14(11-12)17(22)13-5-3-4-6-15(13)20-16/h3-8,11H,9-10H2,1-2H3,(H,19,23)(H,20,22). The highest BCUT2D eigenvalue weighted by atomic mass is 16.1. The van der Waals surface area contributed by atoms with E-state index in [9.17, 15) is 9.59 Å². The van der Waals surface area contributed by atoms with Crippen LogP contribution in [0.4, 0.5) is 0 Å². The number of nitrogens with zero attached hydrogens (tertiary/aromatic N) is 1. The number of H-pyrrole nitrogens is 1. The number of fused-ring (bicyclic) bond motifs is 2. The van der Waals surface area contributed by atoms with Crippen LogP contribution >= 0.6 is 0 Å². The van der Waals surface area contributed by atoms with Crippen LogP contribution in [0.15, 0.2) is 47.3 Å². The fourth-order valence-corrected chi connectivity index (χ4v) is 2.56. The Bertz CT molecular complexity index is 928. The van der Waals surface area contributed by atoms with Crippen LogP contribution in [0.3, 0.4) is 0 Å². The van der Waals surface area contributed by atoms with Gasteiger partial charge in [-0.25, -0.2) is 0 Å². The molecule has 3 aromatic rings. The number of rotatable bonds is 4. The number of aromatic nitrogens is 1. The number of likely N-dealkylation sites (N-methyl/N-ethyl adjacent to an activating group) is 1. The number of aromatic amines is 1. The molecule has 5 heteroatoms. The van der Waals surface area contributed by atoms with E-state index in [2.05, 4.69) is 10.3 Å². The Morgan fingerprint density at radius 1 is 1.09 bits per heavy atom. The van der Waals surface area contributed by atoms with Crippen LogP contribution in [-0.2, 0) is 0 Å². The highest BCUT2D eigenvalue weighted by molar-refractivity contribution is 6.00. The van der Waals surface area contributed by atoms with Gasteiger partial charge >= 0.3 is 0 Å². The molecule has 1 heterocycles. The number of hydrogen-bond donors (Lipinski definition) is 2. The molecule has 0 unspecified atom stereocenters. The van der Waals surface area contributed by atoms with Crippen LogP contribution in [0.5, 0.6) is 0 Å². The lowest BCUT2D eigenvalue weighted by Crippen LogP contribution is -2.31. The maximum atomic E-state index is 12.6. The van der Waals surface area contributed by atoms with Crippen molar-refractivity contribution in [1.82, 2.24) is 15.2 Å². The van der Waals surface area contributed by atoms with E-state index < -0.39 is 0 Å². The van der Waals surface area contributed by atoms with Gasteiger partial charge in [0.2, 0.25) is 0 Å². The average molecular weight is 309 g/mol. The van der Waals surface area contributed by atoms with E-state index in [1.165, 1.54) is 0 Å². The number of amides is 1. The predicted octanol–water partition coefficient (Wildman–Crippen LogP) is 1.97. The van der Waals surface area contributed by atoms with E-state index in [-0.39, 0.29) is 11.3 Å². The zero-order valence-corrected chi connectivity index (χ0v) is 13.2. The fourth-order valence-electron chi connectivity index (χ4n) is 2.56. The fraction of sp³-hybridized carbons (Fsp3) is 0.222. The highest BCUT2D eigenvalue weighted by Crippen LogP contribution is 2.16. The van der Waals surface area contributed by atoms with Gasteiger partial charge in [0.15, 0.2) is 5.43 Å². The lowest BCUT2D eigenvalue weighted by molar-refractivity contribution is 0.0951. The van der Waals surface area contributed by atoms with Crippen LogP contribution in [0, 0.1) is 0 Å². The summed E-state index contributed by atoms with van der Waals surface area (Å²) in [5, 5.41) is 4.02. The molecule has 5 nitrogen and oxygen atoms in total. The molecule has 0 fully saturated rings. The second-order valence-corrected chi connectivity index (χ2v) is 5.82. The summed E-state index contributed by atoms with van der Waals surface area (Å²) >= 11 is 0. The van der Waals surface area contributed by atoms with Gasteiger partial charge in [0.1, 0.15) is 0 Å². The zero-order chi connectivity index (χ0) is 16.4. The number of pyridine rings is 1. The minimum Gasteiger partial charge on any atom is -0.354 e. The van der Waals surface area contributed by atoms with Gasteiger partial charge < -0.3 is 15.2 Å². The Morgan fingerprint density at radius 2 is 1.83 bits per heavy atom. The Balaban J connectivity index is 1.98. The summed E-state index contributed by atoms with van der Waals surface area (Å²) < 4.78 is 0. The molecule has 1 aromatic heterocycles. The van der Waals surface area contributed by atoms with Crippen LogP contribution in [0.1, 0.15) is 10.4 Å². The van der Waals surface area contributed by atoms with Gasteiger partial charge in [-0.2, -0.15) is 0 Å². The van der Waals surface area contributed by atoms with Crippen molar-refractivity contribution in [3.63, 3.8) is 0 Å². The molecule has 2 N–H and O–H groups in total. The molecule has 2 aromatic carbocycles. The Labute approximate surface area is 133 Å². The number of hydrogen-bond acceptors (Lipinski definition) is 3. The van der Waals surface area contributed by atoms with Gasteiger partial charge in [-0.1, -0.05) is 12.1 Å². The summed E-state index contributed by atoms with van der Waals surface area (Å²) in [7, 11) is 3.90. The monoisotopic (exact) mass is 309 g/mol. The highest BCUT2D eigenvalue weighted by Gasteiger charge is 2.10. The van der Waals surface area contributed by atoms with Gasteiger partial charge in [0.05, 0.1) is 0 Å². The number of para-hydroxylation sites is 1. The number of nitrogens with one attached hydrogen (secondary N) is 2. The second-order valence-electron chi connectivity index (χ2n) is 5.82. The molecule has 3 rings (SSSR count). The minimum atomic E-state index is -0.165. The van der Waals surface area contributed by atoms with Crippen LogP contribution < -0.4 is 10.7 Å². The van der Waals surface area contributed by atoms with Crippen molar-refractivity contribution < 1.29 is 4.79 Å². The Hall–Kier alpha value is -2.66. The molecule has 1 amide bonds. The molecule has 0 bridgehead atoms. The predicted molar refractivity (Wildman–Crippen MR) is 93.0 cm³/mol. The molecule has 0 aliphatic heterocycles. The number of carbonyl (C=O) groups excluding carboxylic acids is 1. The van der Waals surface area contributed by atoms with Crippen molar-refractivity contribution in [2.45, 2.75) is 0 Å². The van der Waals surface area contributed by atoms with Crippen LogP contribution in [0.25, 0.3) is 21.8 Å². The third kappa shape index (κ3) is 3.10. The first-order chi connectivity index (χ1) is 11.1. The first kappa shape index (κ1) is 15.2. The van der Waals surface area contributed by atoms with E-state index in [0.29, 0.717) is 22.9 Å². The number of carbonyl (C=O) groups is 1. The maximum Gasteiger partial charge on any atom is 0.251 e. The van der Waals surface area contributed by atoms with E-state index in [0.717, 1.165) is 17.6 Å². The average Bonchev–Trinajstić information content (AvgIpc) is 2.54. The molecule has 118 valence electrons. The first-order valence-electron chi connectivity index (χ1n) is 7.54. The van der Waals surface area contributed by atoms with Crippen molar-refractivity contribution >= 4 is 27.7 Å². The molecule has 0 atom stereocenters. The summed E-state index contributed by atoms with van der Waals surface area (Å²) in [5.41, 5.74) is 1.97. The normalized spacial score (nSPS) is 11.3. The van der Waals surface area contributed by atoms with Crippen molar-refractivity contribution in [1.29, 1.82) is 0 Å². The quantitative estimate of drug-likeness (QED) is 0.724. The summed E-state index contributed by atoms with van der Waals surface area (Å²) in [6.45, 7) is 1.34. The Morgan fingerprint density at radius 3 is 2.61 bits per heavy atom. The molecular formula is C18H19N3O2. The summed E-state index contributed by atoms with van der Waals surface area (Å²) in [6.07, 6.45) is 0. The van der Waals surface area contributed by atoms with Gasteiger partial charge in [0.25, 0.3) is 5.91 Å². The molecule has 0 aliphatic rings. The maximum absolute atomic E-state index is 12.6. The van der Waals surface area contributed by atoms with Crippen molar-refractivity contribution in [3.8, 4) is 0 Å². The molecule has 0 spiro atoms. The topological polar surface area (TPSA) is 65.2 Å². The molecule has 0 saturated carbocycles. The summed E-state index contributed by atoms with van der Waals surface area (Å²) in [5.74, 6) is -0.165. The third-order valence-corrected chi connectivity index (χ3v) is 3.81. The van der Waals surface area contributed by atoms with E-state index >= 15 is 0 Å². The first-order valence-corrected chi connectivity index (χ1v) is 7.54.